The molecule has 0 unspecified atom stereocenters. The van der Waals surface area contributed by atoms with Crippen LogP contribution in [0.15, 0.2) is 30.5 Å². The monoisotopic (exact) mass is 243 g/mol. The summed E-state index contributed by atoms with van der Waals surface area (Å²) in [5.41, 5.74) is 8.92. The Morgan fingerprint density at radius 3 is 2.78 bits per heavy atom. The van der Waals surface area contributed by atoms with Crippen molar-refractivity contribution in [2.24, 2.45) is 5.92 Å². The molecule has 0 amide bonds. The summed E-state index contributed by atoms with van der Waals surface area (Å²) in [5.74, 6) is 0.709. The zero-order valence-corrected chi connectivity index (χ0v) is 11.4. The van der Waals surface area contributed by atoms with Crippen molar-refractivity contribution in [3.63, 3.8) is 0 Å². The van der Waals surface area contributed by atoms with Gasteiger partial charge in [0.15, 0.2) is 0 Å². The maximum absolute atomic E-state index is 5.99. The Morgan fingerprint density at radius 2 is 2.06 bits per heavy atom. The smallest absolute Gasteiger partial charge is 0.0955 e. The van der Waals surface area contributed by atoms with E-state index in [0.29, 0.717) is 5.92 Å². The van der Waals surface area contributed by atoms with Crippen molar-refractivity contribution in [1.82, 2.24) is 4.98 Å². The van der Waals surface area contributed by atoms with Gasteiger partial charge in [0.25, 0.3) is 0 Å². The number of pyridine rings is 1. The molecule has 2 N–H and O–H groups in total. The number of nitrogens with two attached hydrogens (primary N) is 1. The topological polar surface area (TPSA) is 42.1 Å². The molecule has 1 heterocycles. The van der Waals surface area contributed by atoms with Crippen LogP contribution >= 0.6 is 0 Å². The third kappa shape index (κ3) is 2.55. The number of hydrogen-bond acceptors (Lipinski definition) is 3. The summed E-state index contributed by atoms with van der Waals surface area (Å²) in [6.07, 6.45) is 3.00. The minimum Gasteiger partial charge on any atom is -0.398 e. The molecular formula is C15H21N3. The van der Waals surface area contributed by atoms with Crippen molar-refractivity contribution in [3.05, 3.63) is 30.5 Å². The summed E-state index contributed by atoms with van der Waals surface area (Å²) in [5, 5.41) is 1.03. The average molecular weight is 243 g/mol. The van der Waals surface area contributed by atoms with E-state index in [1.807, 2.05) is 24.4 Å². The van der Waals surface area contributed by atoms with Crippen molar-refractivity contribution < 1.29 is 0 Å². The quantitative estimate of drug-likeness (QED) is 0.838. The molecule has 0 bridgehead atoms. The predicted molar refractivity (Wildman–Crippen MR) is 78.9 cm³/mol. The SMILES string of the molecule is CC(C)CCN(C)c1ccc(N)c2cccnc12. The summed E-state index contributed by atoms with van der Waals surface area (Å²) in [6, 6.07) is 7.98. The number of rotatable bonds is 4. The van der Waals surface area contributed by atoms with Gasteiger partial charge in [-0.3, -0.25) is 4.98 Å². The minimum atomic E-state index is 0.709. The molecule has 0 aliphatic heterocycles. The maximum Gasteiger partial charge on any atom is 0.0955 e. The number of anilines is 2. The predicted octanol–water partition coefficient (Wildman–Crippen LogP) is 3.30. The number of hydrogen-bond donors (Lipinski definition) is 1. The lowest BCUT2D eigenvalue weighted by Gasteiger charge is -2.22. The fourth-order valence-corrected chi connectivity index (χ4v) is 2.06. The van der Waals surface area contributed by atoms with E-state index in [9.17, 15) is 0 Å². The molecule has 0 spiro atoms. The van der Waals surface area contributed by atoms with Crippen LogP contribution in [0.4, 0.5) is 11.4 Å². The van der Waals surface area contributed by atoms with Crippen molar-refractivity contribution >= 4 is 22.3 Å². The molecule has 0 fully saturated rings. The molecule has 18 heavy (non-hydrogen) atoms. The van der Waals surface area contributed by atoms with Gasteiger partial charge in [-0.1, -0.05) is 13.8 Å². The molecule has 0 aliphatic carbocycles. The first kappa shape index (κ1) is 12.7. The van der Waals surface area contributed by atoms with Crippen LogP contribution in [0.1, 0.15) is 20.3 Å². The van der Waals surface area contributed by atoms with Crippen LogP contribution in [0.25, 0.3) is 10.9 Å². The highest BCUT2D eigenvalue weighted by atomic mass is 15.1. The Morgan fingerprint density at radius 1 is 1.28 bits per heavy atom. The third-order valence-electron chi connectivity index (χ3n) is 3.24. The van der Waals surface area contributed by atoms with Crippen LogP contribution < -0.4 is 10.6 Å². The second-order valence-corrected chi connectivity index (χ2v) is 5.18. The van der Waals surface area contributed by atoms with E-state index < -0.39 is 0 Å². The van der Waals surface area contributed by atoms with Gasteiger partial charge in [-0.15, -0.1) is 0 Å². The summed E-state index contributed by atoms with van der Waals surface area (Å²) in [4.78, 5) is 6.73. The first-order chi connectivity index (χ1) is 8.59. The van der Waals surface area contributed by atoms with Gasteiger partial charge in [0.1, 0.15) is 0 Å². The van der Waals surface area contributed by atoms with Gasteiger partial charge < -0.3 is 10.6 Å². The Bertz CT molecular complexity index is 534. The molecule has 3 nitrogen and oxygen atoms in total. The molecule has 0 atom stereocenters. The Hall–Kier alpha value is -1.77. The fourth-order valence-electron chi connectivity index (χ4n) is 2.06. The van der Waals surface area contributed by atoms with Gasteiger partial charge in [-0.25, -0.2) is 0 Å². The van der Waals surface area contributed by atoms with E-state index in [2.05, 4.69) is 36.8 Å². The number of aromatic nitrogens is 1. The van der Waals surface area contributed by atoms with Crippen molar-refractivity contribution in [2.45, 2.75) is 20.3 Å². The zero-order chi connectivity index (χ0) is 13.1. The molecule has 1 aromatic carbocycles. The molecule has 1 aromatic heterocycles. The lowest BCUT2D eigenvalue weighted by Crippen LogP contribution is -2.20. The highest BCUT2D eigenvalue weighted by molar-refractivity contribution is 5.98. The van der Waals surface area contributed by atoms with E-state index in [1.54, 1.807) is 0 Å². The summed E-state index contributed by atoms with van der Waals surface area (Å²) in [6.45, 7) is 5.52. The van der Waals surface area contributed by atoms with Gasteiger partial charge in [-0.05, 0) is 36.6 Å². The Balaban J connectivity index is 2.36. The molecule has 0 radical (unpaired) electrons. The zero-order valence-electron chi connectivity index (χ0n) is 11.4. The molecule has 96 valence electrons. The Labute approximate surface area is 109 Å². The summed E-state index contributed by atoms with van der Waals surface area (Å²) >= 11 is 0. The number of fused-ring (bicyclic) bond motifs is 1. The van der Waals surface area contributed by atoms with Gasteiger partial charge in [0.05, 0.1) is 11.2 Å². The first-order valence-corrected chi connectivity index (χ1v) is 6.44. The Kier molecular flexibility index (Phi) is 3.70. The van der Waals surface area contributed by atoms with E-state index in [4.69, 9.17) is 5.73 Å². The van der Waals surface area contributed by atoms with Crippen molar-refractivity contribution in [1.29, 1.82) is 0 Å². The van der Waals surface area contributed by atoms with Crippen LogP contribution in [0.2, 0.25) is 0 Å². The molecule has 2 aromatic rings. The van der Waals surface area contributed by atoms with E-state index in [-0.39, 0.29) is 0 Å². The van der Waals surface area contributed by atoms with E-state index in [1.165, 1.54) is 6.42 Å². The molecule has 0 aliphatic rings. The molecular weight excluding hydrogens is 222 g/mol. The lowest BCUT2D eigenvalue weighted by molar-refractivity contribution is 0.585. The normalized spacial score (nSPS) is 11.1. The standard InChI is InChI=1S/C15H21N3/c1-11(2)8-10-18(3)14-7-6-13(16)12-5-4-9-17-15(12)14/h4-7,9,11H,8,10,16H2,1-3H3. The van der Waals surface area contributed by atoms with Gasteiger partial charge in [0.2, 0.25) is 0 Å². The molecule has 0 saturated heterocycles. The summed E-state index contributed by atoms with van der Waals surface area (Å²) < 4.78 is 0. The fraction of sp³-hybridized carbons (Fsp3) is 0.400. The summed E-state index contributed by atoms with van der Waals surface area (Å²) in [7, 11) is 2.11. The van der Waals surface area contributed by atoms with Crippen LogP contribution in [-0.4, -0.2) is 18.6 Å². The largest absolute Gasteiger partial charge is 0.398 e. The van der Waals surface area contributed by atoms with Crippen LogP contribution in [0.5, 0.6) is 0 Å². The van der Waals surface area contributed by atoms with E-state index >= 15 is 0 Å². The second-order valence-electron chi connectivity index (χ2n) is 5.18. The van der Waals surface area contributed by atoms with Gasteiger partial charge in [-0.2, -0.15) is 0 Å². The maximum atomic E-state index is 5.99. The minimum absolute atomic E-state index is 0.709. The van der Waals surface area contributed by atoms with Gasteiger partial charge >= 0.3 is 0 Å². The second kappa shape index (κ2) is 5.25. The highest BCUT2D eigenvalue weighted by Gasteiger charge is 2.09. The van der Waals surface area contributed by atoms with Crippen molar-refractivity contribution in [3.8, 4) is 0 Å². The lowest BCUT2D eigenvalue weighted by atomic mass is 10.1. The first-order valence-electron chi connectivity index (χ1n) is 6.44. The van der Waals surface area contributed by atoms with Gasteiger partial charge in [0, 0.05) is 30.9 Å². The molecule has 3 heteroatoms. The average Bonchev–Trinajstić information content (AvgIpc) is 2.37. The molecule has 0 saturated carbocycles. The number of benzene rings is 1. The highest BCUT2D eigenvalue weighted by Crippen LogP contribution is 2.28. The third-order valence-corrected chi connectivity index (χ3v) is 3.24. The number of nitrogen functional groups attached to an aromatic ring is 1. The van der Waals surface area contributed by atoms with Crippen molar-refractivity contribution in [2.75, 3.05) is 24.2 Å². The number of nitrogens with zero attached hydrogens (tertiary/aromatic N) is 2. The van der Waals surface area contributed by atoms with Crippen LogP contribution in [-0.2, 0) is 0 Å². The van der Waals surface area contributed by atoms with E-state index in [0.717, 1.165) is 28.8 Å². The molecule has 2 rings (SSSR count). The van der Waals surface area contributed by atoms with Crippen LogP contribution in [0.3, 0.4) is 0 Å². The van der Waals surface area contributed by atoms with Crippen LogP contribution in [0, 0.1) is 5.92 Å².